The second-order valence-electron chi connectivity index (χ2n) is 5.68. The standard InChI is InChI=1S/C19H18ClN3O/c1-2-24-14-6-3-12(4-7-14)18-17(19-21-9-10-22-19)15-11-13(20)5-8-16(15)23-18/h3-8,11,23H,2,9-10H2,1H3,(H,21,22). The van der Waals surface area contributed by atoms with Crippen molar-refractivity contribution >= 4 is 28.3 Å². The van der Waals surface area contributed by atoms with E-state index in [1.165, 1.54) is 0 Å². The van der Waals surface area contributed by atoms with E-state index in [9.17, 15) is 0 Å². The maximum Gasteiger partial charge on any atom is 0.131 e. The quantitative estimate of drug-likeness (QED) is 0.747. The van der Waals surface area contributed by atoms with Crippen LogP contribution in [0.1, 0.15) is 12.5 Å². The van der Waals surface area contributed by atoms with Crippen LogP contribution in [0.3, 0.4) is 0 Å². The van der Waals surface area contributed by atoms with Gasteiger partial charge in [0.15, 0.2) is 0 Å². The molecule has 0 radical (unpaired) electrons. The average Bonchev–Trinajstić information content (AvgIpc) is 3.22. The normalized spacial score (nSPS) is 13.8. The SMILES string of the molecule is CCOc1ccc(-c2[nH]c3ccc(Cl)cc3c2C2=NCCN2)cc1. The van der Waals surface area contributed by atoms with Crippen LogP contribution in [-0.2, 0) is 0 Å². The summed E-state index contributed by atoms with van der Waals surface area (Å²) in [4.78, 5) is 8.12. The number of nitrogens with one attached hydrogen (secondary N) is 2. The first-order valence-corrected chi connectivity index (χ1v) is 8.47. The highest BCUT2D eigenvalue weighted by molar-refractivity contribution is 6.31. The molecule has 4 rings (SSSR count). The fraction of sp³-hybridized carbons (Fsp3) is 0.211. The van der Waals surface area contributed by atoms with Crippen LogP contribution >= 0.6 is 11.6 Å². The molecule has 2 N–H and O–H groups in total. The van der Waals surface area contributed by atoms with Gasteiger partial charge in [0.05, 0.1) is 18.8 Å². The van der Waals surface area contributed by atoms with E-state index in [2.05, 4.69) is 27.4 Å². The molecule has 0 spiro atoms. The fourth-order valence-corrected chi connectivity index (χ4v) is 3.25. The van der Waals surface area contributed by atoms with E-state index < -0.39 is 0 Å². The lowest BCUT2D eigenvalue weighted by Gasteiger charge is -2.08. The van der Waals surface area contributed by atoms with Crippen molar-refractivity contribution in [3.63, 3.8) is 0 Å². The lowest BCUT2D eigenvalue weighted by atomic mass is 10.0. The molecule has 4 nitrogen and oxygen atoms in total. The third kappa shape index (κ3) is 2.63. The molecule has 0 aliphatic carbocycles. The van der Waals surface area contributed by atoms with Crippen molar-refractivity contribution in [2.24, 2.45) is 4.99 Å². The zero-order valence-corrected chi connectivity index (χ0v) is 14.2. The molecule has 5 heteroatoms. The number of hydrogen-bond donors (Lipinski definition) is 2. The monoisotopic (exact) mass is 339 g/mol. The molecule has 0 amide bonds. The van der Waals surface area contributed by atoms with Gasteiger partial charge in [-0.15, -0.1) is 0 Å². The summed E-state index contributed by atoms with van der Waals surface area (Å²) >= 11 is 6.22. The fourth-order valence-electron chi connectivity index (χ4n) is 3.08. The minimum Gasteiger partial charge on any atom is -0.494 e. The highest BCUT2D eigenvalue weighted by Crippen LogP contribution is 2.33. The van der Waals surface area contributed by atoms with E-state index in [4.69, 9.17) is 16.3 Å². The molecule has 24 heavy (non-hydrogen) atoms. The van der Waals surface area contributed by atoms with Gasteiger partial charge < -0.3 is 15.0 Å². The van der Waals surface area contributed by atoms with E-state index >= 15 is 0 Å². The van der Waals surface area contributed by atoms with Crippen LogP contribution < -0.4 is 10.1 Å². The second kappa shape index (κ2) is 6.21. The molecule has 0 unspecified atom stereocenters. The first kappa shape index (κ1) is 15.1. The highest BCUT2D eigenvalue weighted by Gasteiger charge is 2.20. The zero-order valence-electron chi connectivity index (χ0n) is 13.4. The zero-order chi connectivity index (χ0) is 16.5. The molecule has 1 aliphatic heterocycles. The Hall–Kier alpha value is -2.46. The van der Waals surface area contributed by atoms with E-state index in [0.717, 1.165) is 57.4 Å². The molecule has 0 bridgehead atoms. The number of rotatable bonds is 4. The Kier molecular flexibility index (Phi) is 3.90. The number of fused-ring (bicyclic) bond motifs is 1. The Morgan fingerprint density at radius 1 is 1.17 bits per heavy atom. The number of ether oxygens (including phenoxy) is 1. The van der Waals surface area contributed by atoms with Crippen LogP contribution in [0, 0.1) is 0 Å². The van der Waals surface area contributed by atoms with Gasteiger partial charge in [-0.2, -0.15) is 0 Å². The number of hydrogen-bond acceptors (Lipinski definition) is 3. The maximum atomic E-state index is 6.22. The van der Waals surface area contributed by atoms with Crippen LogP contribution in [-0.4, -0.2) is 30.5 Å². The Balaban J connectivity index is 1.89. The lowest BCUT2D eigenvalue weighted by molar-refractivity contribution is 0.340. The maximum absolute atomic E-state index is 6.22. The Labute approximate surface area is 145 Å². The van der Waals surface area contributed by atoms with Crippen LogP contribution in [0.15, 0.2) is 47.5 Å². The molecule has 1 aliphatic rings. The minimum absolute atomic E-state index is 0.663. The summed E-state index contributed by atoms with van der Waals surface area (Å²) in [6, 6.07) is 14.0. The number of aliphatic imine (C=N–C) groups is 1. The van der Waals surface area contributed by atoms with Gasteiger partial charge in [-0.25, -0.2) is 0 Å². The number of nitrogens with zero attached hydrogens (tertiary/aromatic N) is 1. The second-order valence-corrected chi connectivity index (χ2v) is 6.12. The number of aromatic nitrogens is 1. The topological polar surface area (TPSA) is 49.4 Å². The van der Waals surface area contributed by atoms with E-state index in [0.29, 0.717) is 6.61 Å². The summed E-state index contributed by atoms with van der Waals surface area (Å²) in [6.45, 7) is 4.31. The van der Waals surface area contributed by atoms with Gasteiger partial charge in [0.25, 0.3) is 0 Å². The number of benzene rings is 2. The highest BCUT2D eigenvalue weighted by atomic mass is 35.5. The van der Waals surface area contributed by atoms with E-state index in [1.807, 2.05) is 37.3 Å². The van der Waals surface area contributed by atoms with Gasteiger partial charge in [0, 0.05) is 28.0 Å². The molecule has 0 atom stereocenters. The summed E-state index contributed by atoms with van der Waals surface area (Å²) in [5.74, 6) is 1.80. The molecule has 0 saturated carbocycles. The summed E-state index contributed by atoms with van der Waals surface area (Å²) in [5.41, 5.74) is 4.27. The third-order valence-electron chi connectivity index (χ3n) is 4.13. The Morgan fingerprint density at radius 3 is 2.71 bits per heavy atom. The Morgan fingerprint density at radius 2 is 2.00 bits per heavy atom. The van der Waals surface area contributed by atoms with Crippen molar-refractivity contribution in [3.05, 3.63) is 53.1 Å². The lowest BCUT2D eigenvalue weighted by Crippen LogP contribution is -2.19. The van der Waals surface area contributed by atoms with Gasteiger partial charge in [0.2, 0.25) is 0 Å². The number of aromatic amines is 1. The van der Waals surface area contributed by atoms with Crippen molar-refractivity contribution in [2.75, 3.05) is 19.7 Å². The average molecular weight is 340 g/mol. The predicted octanol–water partition coefficient (Wildman–Crippen LogP) is 4.24. The number of H-pyrrole nitrogens is 1. The predicted molar refractivity (Wildman–Crippen MR) is 99.3 cm³/mol. The molecule has 0 saturated heterocycles. The van der Waals surface area contributed by atoms with Crippen molar-refractivity contribution in [1.82, 2.24) is 10.3 Å². The van der Waals surface area contributed by atoms with E-state index in [1.54, 1.807) is 0 Å². The Bertz CT molecular complexity index is 912. The third-order valence-corrected chi connectivity index (χ3v) is 4.36. The molecule has 0 fully saturated rings. The molecule has 122 valence electrons. The largest absolute Gasteiger partial charge is 0.494 e. The van der Waals surface area contributed by atoms with Gasteiger partial charge in [-0.3, -0.25) is 4.99 Å². The van der Waals surface area contributed by atoms with Crippen molar-refractivity contribution in [3.8, 4) is 17.0 Å². The van der Waals surface area contributed by atoms with Crippen molar-refractivity contribution < 1.29 is 4.74 Å². The van der Waals surface area contributed by atoms with Crippen LogP contribution in [0.5, 0.6) is 5.75 Å². The molecule has 2 aromatic carbocycles. The van der Waals surface area contributed by atoms with Crippen LogP contribution in [0.4, 0.5) is 0 Å². The molecule has 2 heterocycles. The first-order chi connectivity index (χ1) is 11.8. The van der Waals surface area contributed by atoms with Crippen molar-refractivity contribution in [1.29, 1.82) is 0 Å². The van der Waals surface area contributed by atoms with Gasteiger partial charge in [-0.05, 0) is 55.0 Å². The molecular weight excluding hydrogens is 322 g/mol. The molecule has 3 aromatic rings. The first-order valence-electron chi connectivity index (χ1n) is 8.09. The number of halogens is 1. The van der Waals surface area contributed by atoms with Crippen molar-refractivity contribution in [2.45, 2.75) is 6.92 Å². The van der Waals surface area contributed by atoms with E-state index in [-0.39, 0.29) is 0 Å². The summed E-state index contributed by atoms with van der Waals surface area (Å²) in [6.07, 6.45) is 0. The summed E-state index contributed by atoms with van der Waals surface area (Å²) in [5, 5.41) is 5.18. The smallest absolute Gasteiger partial charge is 0.131 e. The number of amidine groups is 1. The van der Waals surface area contributed by atoms with Crippen LogP contribution in [0.25, 0.3) is 22.2 Å². The summed E-state index contributed by atoms with van der Waals surface area (Å²) < 4.78 is 5.54. The molecule has 1 aromatic heterocycles. The molecular formula is C19H18ClN3O. The van der Waals surface area contributed by atoms with Gasteiger partial charge >= 0.3 is 0 Å². The van der Waals surface area contributed by atoms with Gasteiger partial charge in [0.1, 0.15) is 11.6 Å². The van der Waals surface area contributed by atoms with Crippen LogP contribution in [0.2, 0.25) is 5.02 Å². The minimum atomic E-state index is 0.663. The summed E-state index contributed by atoms with van der Waals surface area (Å²) in [7, 11) is 0. The van der Waals surface area contributed by atoms with Gasteiger partial charge in [-0.1, -0.05) is 11.6 Å².